The first-order chi connectivity index (χ1) is 8.51. The summed E-state index contributed by atoms with van der Waals surface area (Å²) in [5, 5.41) is 3.18. The lowest BCUT2D eigenvalue weighted by Crippen LogP contribution is -2.15. The summed E-state index contributed by atoms with van der Waals surface area (Å²) in [4.78, 5) is 4.10. The van der Waals surface area contributed by atoms with E-state index in [1.54, 1.807) is 12.1 Å². The fraction of sp³-hybridized carbons (Fsp3) is 0.583. The lowest BCUT2D eigenvalue weighted by molar-refractivity contribution is -0.139. The molecule has 0 aromatic carbocycles. The molecule has 0 amide bonds. The molecule has 1 rings (SSSR count). The summed E-state index contributed by atoms with van der Waals surface area (Å²) in [5.41, 5.74) is 0.839. The largest absolute Gasteiger partial charge is 0.492 e. The summed E-state index contributed by atoms with van der Waals surface area (Å²) < 4.78 is 40.6. The minimum absolute atomic E-state index is 0.360. The Morgan fingerprint density at radius 2 is 2.11 bits per heavy atom. The summed E-state index contributed by atoms with van der Waals surface area (Å²) in [5.74, 6) is 0.360. The van der Waals surface area contributed by atoms with Crippen LogP contribution in [0.4, 0.5) is 13.2 Å². The van der Waals surface area contributed by atoms with E-state index in [1.165, 1.54) is 6.20 Å². The first kappa shape index (κ1) is 14.8. The van der Waals surface area contributed by atoms with Crippen LogP contribution in [0.15, 0.2) is 18.3 Å². The molecule has 0 fully saturated rings. The van der Waals surface area contributed by atoms with Crippen molar-refractivity contribution in [1.82, 2.24) is 10.3 Å². The Morgan fingerprint density at radius 1 is 1.33 bits per heavy atom. The number of ether oxygens (including phenoxy) is 1. The molecule has 0 radical (unpaired) electrons. The van der Waals surface area contributed by atoms with Gasteiger partial charge >= 0.3 is 6.18 Å². The summed E-state index contributed by atoms with van der Waals surface area (Å²) in [7, 11) is 0. The van der Waals surface area contributed by atoms with Gasteiger partial charge in [-0.1, -0.05) is 6.92 Å². The van der Waals surface area contributed by atoms with Gasteiger partial charge in [-0.25, -0.2) is 0 Å². The molecule has 1 heterocycles. The van der Waals surface area contributed by atoms with Crippen LogP contribution in [0.1, 0.15) is 25.5 Å². The van der Waals surface area contributed by atoms with Gasteiger partial charge in [0.25, 0.3) is 0 Å². The zero-order valence-electron chi connectivity index (χ0n) is 10.3. The van der Waals surface area contributed by atoms with Crippen LogP contribution >= 0.6 is 0 Å². The Labute approximate surface area is 104 Å². The molecule has 1 N–H and O–H groups in total. The average Bonchev–Trinajstić information content (AvgIpc) is 2.30. The van der Waals surface area contributed by atoms with Crippen molar-refractivity contribution in [2.24, 2.45) is 0 Å². The predicted molar refractivity (Wildman–Crippen MR) is 62.4 cm³/mol. The van der Waals surface area contributed by atoms with Crippen molar-refractivity contribution in [3.63, 3.8) is 0 Å². The van der Waals surface area contributed by atoms with E-state index in [2.05, 4.69) is 17.2 Å². The second-order valence-electron chi connectivity index (χ2n) is 3.88. The van der Waals surface area contributed by atoms with Gasteiger partial charge in [0.05, 0.1) is 24.9 Å². The third kappa shape index (κ3) is 6.44. The van der Waals surface area contributed by atoms with Crippen LogP contribution in [0.25, 0.3) is 0 Å². The first-order valence-corrected chi connectivity index (χ1v) is 5.86. The van der Waals surface area contributed by atoms with Crippen LogP contribution in [-0.4, -0.2) is 24.3 Å². The van der Waals surface area contributed by atoms with Gasteiger partial charge in [-0.2, -0.15) is 13.2 Å². The number of hydrogen-bond acceptors (Lipinski definition) is 3. The van der Waals surface area contributed by atoms with E-state index in [1.807, 2.05) is 0 Å². The summed E-state index contributed by atoms with van der Waals surface area (Å²) >= 11 is 0. The molecule has 102 valence electrons. The van der Waals surface area contributed by atoms with Crippen molar-refractivity contribution in [2.45, 2.75) is 32.5 Å². The van der Waals surface area contributed by atoms with Crippen molar-refractivity contribution in [1.29, 1.82) is 0 Å². The van der Waals surface area contributed by atoms with Gasteiger partial charge < -0.3 is 10.1 Å². The number of aromatic nitrogens is 1. The summed E-state index contributed by atoms with van der Waals surface area (Å²) in [6.45, 7) is 3.25. The van der Waals surface area contributed by atoms with Gasteiger partial charge in [-0.3, -0.25) is 4.98 Å². The molecule has 3 nitrogen and oxygen atoms in total. The molecule has 0 spiro atoms. The van der Waals surface area contributed by atoms with E-state index in [9.17, 15) is 13.2 Å². The molecular formula is C12H17F3N2O. The van der Waals surface area contributed by atoms with Crippen LogP contribution in [0.2, 0.25) is 0 Å². The SMILES string of the molecule is CCCNCc1ccc(OCCC(F)(F)F)cn1. The Balaban J connectivity index is 2.31. The highest BCUT2D eigenvalue weighted by molar-refractivity contribution is 5.19. The van der Waals surface area contributed by atoms with E-state index in [-0.39, 0.29) is 6.61 Å². The van der Waals surface area contributed by atoms with Crippen molar-refractivity contribution >= 4 is 0 Å². The first-order valence-electron chi connectivity index (χ1n) is 5.86. The molecule has 0 saturated heterocycles. The molecule has 0 saturated carbocycles. The fourth-order valence-electron chi connectivity index (χ4n) is 1.28. The van der Waals surface area contributed by atoms with Crippen LogP contribution in [0.5, 0.6) is 5.75 Å². The maximum absolute atomic E-state index is 11.9. The maximum atomic E-state index is 11.9. The molecule has 0 unspecified atom stereocenters. The molecule has 0 aliphatic rings. The van der Waals surface area contributed by atoms with Crippen LogP contribution in [0.3, 0.4) is 0 Å². The summed E-state index contributed by atoms with van der Waals surface area (Å²) in [6.07, 6.45) is -2.65. The van der Waals surface area contributed by atoms with E-state index >= 15 is 0 Å². The minimum Gasteiger partial charge on any atom is -0.492 e. The number of halogens is 3. The van der Waals surface area contributed by atoms with Crippen LogP contribution < -0.4 is 10.1 Å². The lowest BCUT2D eigenvalue weighted by Gasteiger charge is -2.09. The van der Waals surface area contributed by atoms with Gasteiger partial charge in [-0.15, -0.1) is 0 Å². The lowest BCUT2D eigenvalue weighted by atomic mass is 10.3. The number of hydrogen-bond donors (Lipinski definition) is 1. The monoisotopic (exact) mass is 262 g/mol. The maximum Gasteiger partial charge on any atom is 0.392 e. The molecular weight excluding hydrogens is 245 g/mol. The van der Waals surface area contributed by atoms with Crippen molar-refractivity contribution in [2.75, 3.05) is 13.2 Å². The Hall–Kier alpha value is -1.30. The van der Waals surface area contributed by atoms with Gasteiger partial charge in [0.1, 0.15) is 5.75 Å². The molecule has 6 heteroatoms. The van der Waals surface area contributed by atoms with Gasteiger partial charge in [0.15, 0.2) is 0 Å². The Bertz CT molecular complexity index is 338. The number of pyridine rings is 1. The van der Waals surface area contributed by atoms with Crippen molar-refractivity contribution in [3.8, 4) is 5.75 Å². The highest BCUT2D eigenvalue weighted by Crippen LogP contribution is 2.20. The Kier molecular flexibility index (Phi) is 5.91. The van der Waals surface area contributed by atoms with Gasteiger partial charge in [-0.05, 0) is 25.1 Å². The van der Waals surface area contributed by atoms with Crippen LogP contribution in [0, 0.1) is 0 Å². The standard InChI is InChI=1S/C12H17F3N2O/c1-2-6-16-8-10-3-4-11(9-17-10)18-7-5-12(13,14)15/h3-4,9,16H,2,5-8H2,1H3. The third-order valence-electron chi connectivity index (χ3n) is 2.18. The average molecular weight is 262 g/mol. The quantitative estimate of drug-likeness (QED) is 0.767. The number of nitrogens with one attached hydrogen (secondary N) is 1. The third-order valence-corrected chi connectivity index (χ3v) is 2.18. The van der Waals surface area contributed by atoms with Gasteiger partial charge in [0.2, 0.25) is 0 Å². The van der Waals surface area contributed by atoms with Crippen LogP contribution in [-0.2, 0) is 6.54 Å². The van der Waals surface area contributed by atoms with E-state index in [4.69, 9.17) is 4.74 Å². The molecule has 1 aromatic rings. The highest BCUT2D eigenvalue weighted by atomic mass is 19.4. The van der Waals surface area contributed by atoms with Gasteiger partial charge in [0, 0.05) is 6.54 Å². The normalized spacial score (nSPS) is 11.6. The number of nitrogens with zero attached hydrogens (tertiary/aromatic N) is 1. The minimum atomic E-state index is -4.18. The second kappa shape index (κ2) is 7.20. The van der Waals surface area contributed by atoms with Crippen molar-refractivity contribution < 1.29 is 17.9 Å². The molecule has 0 aliphatic heterocycles. The summed E-state index contributed by atoms with van der Waals surface area (Å²) in [6, 6.07) is 3.37. The molecule has 18 heavy (non-hydrogen) atoms. The number of rotatable bonds is 7. The number of alkyl halides is 3. The predicted octanol–water partition coefficient (Wildman–Crippen LogP) is 2.91. The molecule has 0 aliphatic carbocycles. The molecule has 1 aromatic heterocycles. The zero-order chi connectivity index (χ0) is 13.4. The second-order valence-corrected chi connectivity index (χ2v) is 3.88. The topological polar surface area (TPSA) is 34.1 Å². The fourth-order valence-corrected chi connectivity index (χ4v) is 1.28. The smallest absolute Gasteiger partial charge is 0.392 e. The van der Waals surface area contributed by atoms with E-state index in [0.29, 0.717) is 12.3 Å². The highest BCUT2D eigenvalue weighted by Gasteiger charge is 2.26. The zero-order valence-corrected chi connectivity index (χ0v) is 10.3. The Morgan fingerprint density at radius 3 is 2.67 bits per heavy atom. The van der Waals surface area contributed by atoms with Crippen molar-refractivity contribution in [3.05, 3.63) is 24.0 Å². The molecule has 0 bridgehead atoms. The van der Waals surface area contributed by atoms with E-state index in [0.717, 1.165) is 18.7 Å². The molecule has 0 atom stereocenters. The van der Waals surface area contributed by atoms with E-state index < -0.39 is 12.6 Å².